The lowest BCUT2D eigenvalue weighted by Crippen LogP contribution is -2.31. The zero-order valence-corrected chi connectivity index (χ0v) is 13.7. The Hall–Kier alpha value is -1.36. The quantitative estimate of drug-likeness (QED) is 0.825. The molecule has 2 N–H and O–H groups in total. The van der Waals surface area contributed by atoms with Crippen molar-refractivity contribution in [3.05, 3.63) is 51.2 Å². The molecular formula is C17H23NO2S. The summed E-state index contributed by atoms with van der Waals surface area (Å²) in [6.45, 7) is 7.80. The first-order valence-corrected chi connectivity index (χ1v) is 8.11. The van der Waals surface area contributed by atoms with E-state index in [4.69, 9.17) is 4.74 Å². The molecule has 0 aliphatic rings. The van der Waals surface area contributed by atoms with Crippen LogP contribution in [-0.2, 0) is 6.54 Å². The fourth-order valence-corrected chi connectivity index (χ4v) is 3.00. The van der Waals surface area contributed by atoms with Gasteiger partial charge in [-0.05, 0) is 54.3 Å². The molecule has 1 aromatic heterocycles. The summed E-state index contributed by atoms with van der Waals surface area (Å²) in [5.41, 5.74) is 4.91. The molecule has 21 heavy (non-hydrogen) atoms. The summed E-state index contributed by atoms with van der Waals surface area (Å²) in [6.07, 6.45) is -0.510. The van der Waals surface area contributed by atoms with E-state index in [0.29, 0.717) is 13.2 Å². The van der Waals surface area contributed by atoms with E-state index in [1.165, 1.54) is 16.7 Å². The predicted molar refractivity (Wildman–Crippen MR) is 88.2 cm³/mol. The fraction of sp³-hybridized carbons (Fsp3) is 0.412. The van der Waals surface area contributed by atoms with Gasteiger partial charge in [-0.2, -0.15) is 11.3 Å². The highest BCUT2D eigenvalue weighted by atomic mass is 32.1. The molecule has 0 spiro atoms. The van der Waals surface area contributed by atoms with Crippen molar-refractivity contribution >= 4 is 11.3 Å². The minimum absolute atomic E-state index is 0.305. The van der Waals surface area contributed by atoms with Gasteiger partial charge in [-0.25, -0.2) is 0 Å². The lowest BCUT2D eigenvalue weighted by Gasteiger charge is -2.15. The van der Waals surface area contributed by atoms with Crippen LogP contribution in [-0.4, -0.2) is 24.4 Å². The molecule has 1 aromatic carbocycles. The second-order valence-corrected chi connectivity index (χ2v) is 6.19. The van der Waals surface area contributed by atoms with E-state index < -0.39 is 6.10 Å². The number of thiophene rings is 1. The number of aryl methyl sites for hydroxylation is 3. The molecule has 114 valence electrons. The largest absolute Gasteiger partial charge is 0.491 e. The summed E-state index contributed by atoms with van der Waals surface area (Å²) >= 11 is 1.71. The minimum Gasteiger partial charge on any atom is -0.491 e. The summed E-state index contributed by atoms with van der Waals surface area (Å²) in [4.78, 5) is 0. The first-order valence-electron chi connectivity index (χ1n) is 7.16. The lowest BCUT2D eigenvalue weighted by atomic mass is 10.1. The van der Waals surface area contributed by atoms with Gasteiger partial charge < -0.3 is 15.2 Å². The van der Waals surface area contributed by atoms with Crippen molar-refractivity contribution in [2.45, 2.75) is 33.4 Å². The van der Waals surface area contributed by atoms with Gasteiger partial charge in [0.05, 0.1) is 0 Å². The number of ether oxygens (including phenoxy) is 1. The van der Waals surface area contributed by atoms with Crippen molar-refractivity contribution in [1.29, 1.82) is 0 Å². The number of benzene rings is 1. The third kappa shape index (κ3) is 4.84. The van der Waals surface area contributed by atoms with Gasteiger partial charge >= 0.3 is 0 Å². The number of nitrogens with one attached hydrogen (secondary N) is 1. The smallest absolute Gasteiger partial charge is 0.122 e. The zero-order chi connectivity index (χ0) is 15.2. The molecule has 0 amide bonds. The fourth-order valence-electron chi connectivity index (χ4n) is 2.15. The van der Waals surface area contributed by atoms with Crippen LogP contribution < -0.4 is 10.1 Å². The van der Waals surface area contributed by atoms with Gasteiger partial charge in [0.1, 0.15) is 18.5 Å². The van der Waals surface area contributed by atoms with Crippen LogP contribution in [0.1, 0.15) is 22.3 Å². The third-order valence-corrected chi connectivity index (χ3v) is 4.33. The molecule has 0 aliphatic carbocycles. The number of hydrogen-bond donors (Lipinski definition) is 2. The second-order valence-electron chi connectivity index (χ2n) is 5.44. The molecule has 0 fully saturated rings. The van der Waals surface area contributed by atoms with Crippen LogP contribution in [0, 0.1) is 20.8 Å². The van der Waals surface area contributed by atoms with Gasteiger partial charge in [0, 0.05) is 13.1 Å². The van der Waals surface area contributed by atoms with Crippen LogP contribution in [0.15, 0.2) is 29.0 Å². The van der Waals surface area contributed by atoms with E-state index in [1.54, 1.807) is 11.3 Å². The van der Waals surface area contributed by atoms with Crippen LogP contribution in [0.5, 0.6) is 5.75 Å². The molecular weight excluding hydrogens is 282 g/mol. The summed E-state index contributed by atoms with van der Waals surface area (Å²) in [7, 11) is 0. The average Bonchev–Trinajstić information content (AvgIpc) is 2.83. The SMILES string of the molecule is Cc1ccc(OCC(O)CNCc2cscc2C)c(C)c1. The second kappa shape index (κ2) is 7.59. The average molecular weight is 305 g/mol. The van der Waals surface area contributed by atoms with Gasteiger partial charge in [0.25, 0.3) is 0 Å². The van der Waals surface area contributed by atoms with Gasteiger partial charge in [0.2, 0.25) is 0 Å². The normalized spacial score (nSPS) is 12.4. The third-order valence-electron chi connectivity index (χ3n) is 3.42. The Labute approximate surface area is 130 Å². The molecule has 1 atom stereocenters. The highest BCUT2D eigenvalue weighted by Gasteiger charge is 2.07. The Bertz CT molecular complexity index is 580. The number of aliphatic hydroxyl groups excluding tert-OH is 1. The molecule has 1 unspecified atom stereocenters. The molecule has 4 heteroatoms. The van der Waals surface area contributed by atoms with Crippen molar-refractivity contribution in [3.63, 3.8) is 0 Å². The lowest BCUT2D eigenvalue weighted by molar-refractivity contribution is 0.106. The van der Waals surface area contributed by atoms with Crippen LogP contribution in [0.25, 0.3) is 0 Å². The van der Waals surface area contributed by atoms with Crippen LogP contribution in [0.3, 0.4) is 0 Å². The first-order chi connectivity index (χ1) is 10.1. The number of hydrogen-bond acceptors (Lipinski definition) is 4. The summed E-state index contributed by atoms with van der Waals surface area (Å²) in [5, 5.41) is 17.5. The Morgan fingerprint density at radius 2 is 2.00 bits per heavy atom. The molecule has 2 rings (SSSR count). The first kappa shape index (κ1) is 16.0. The van der Waals surface area contributed by atoms with Crippen LogP contribution in [0.2, 0.25) is 0 Å². The Kier molecular flexibility index (Phi) is 5.79. The van der Waals surface area contributed by atoms with Gasteiger partial charge in [-0.15, -0.1) is 0 Å². The van der Waals surface area contributed by atoms with E-state index >= 15 is 0 Å². The Morgan fingerprint density at radius 3 is 2.67 bits per heavy atom. The van der Waals surface area contributed by atoms with E-state index in [-0.39, 0.29) is 0 Å². The standard InChI is InChI=1S/C17H23NO2S/c1-12-4-5-17(13(2)6-12)20-9-16(19)8-18-7-15-11-21-10-14(15)3/h4-6,10-11,16,18-19H,7-9H2,1-3H3. The van der Waals surface area contributed by atoms with E-state index in [1.807, 2.05) is 19.1 Å². The minimum atomic E-state index is -0.510. The number of aliphatic hydroxyl groups is 1. The zero-order valence-electron chi connectivity index (χ0n) is 12.8. The summed E-state index contributed by atoms with van der Waals surface area (Å²) in [5.74, 6) is 0.841. The van der Waals surface area contributed by atoms with Crippen molar-refractivity contribution in [3.8, 4) is 5.75 Å². The van der Waals surface area contributed by atoms with E-state index in [9.17, 15) is 5.11 Å². The van der Waals surface area contributed by atoms with Crippen LogP contribution >= 0.6 is 11.3 Å². The monoisotopic (exact) mass is 305 g/mol. The summed E-state index contributed by atoms with van der Waals surface area (Å²) < 4.78 is 5.68. The molecule has 0 aliphatic heterocycles. The maximum Gasteiger partial charge on any atom is 0.122 e. The Balaban J connectivity index is 1.72. The van der Waals surface area contributed by atoms with Crippen molar-refractivity contribution < 1.29 is 9.84 Å². The molecule has 0 radical (unpaired) electrons. The molecule has 0 saturated carbocycles. The topological polar surface area (TPSA) is 41.5 Å². The molecule has 1 heterocycles. The van der Waals surface area contributed by atoms with Crippen LogP contribution in [0.4, 0.5) is 0 Å². The van der Waals surface area contributed by atoms with Gasteiger partial charge in [-0.3, -0.25) is 0 Å². The van der Waals surface area contributed by atoms with Gasteiger partial charge in [-0.1, -0.05) is 17.7 Å². The molecule has 0 saturated heterocycles. The van der Waals surface area contributed by atoms with Crippen molar-refractivity contribution in [2.75, 3.05) is 13.2 Å². The van der Waals surface area contributed by atoms with Gasteiger partial charge in [0.15, 0.2) is 0 Å². The maximum absolute atomic E-state index is 9.97. The van der Waals surface area contributed by atoms with Crippen molar-refractivity contribution in [1.82, 2.24) is 5.32 Å². The highest BCUT2D eigenvalue weighted by molar-refractivity contribution is 7.08. The predicted octanol–water partition coefficient (Wildman–Crippen LogP) is 3.20. The van der Waals surface area contributed by atoms with E-state index in [2.05, 4.69) is 36.0 Å². The molecule has 0 bridgehead atoms. The maximum atomic E-state index is 9.97. The molecule has 3 nitrogen and oxygen atoms in total. The van der Waals surface area contributed by atoms with E-state index in [0.717, 1.165) is 17.9 Å². The van der Waals surface area contributed by atoms with Crippen molar-refractivity contribution in [2.24, 2.45) is 0 Å². The summed E-state index contributed by atoms with van der Waals surface area (Å²) in [6, 6.07) is 6.06. The number of rotatable bonds is 7. The highest BCUT2D eigenvalue weighted by Crippen LogP contribution is 2.18. The molecule has 2 aromatic rings. The Morgan fingerprint density at radius 1 is 1.19 bits per heavy atom.